The van der Waals surface area contributed by atoms with E-state index in [1.54, 1.807) is 0 Å². The first-order valence-corrected chi connectivity index (χ1v) is 7.35. The fourth-order valence-electron chi connectivity index (χ4n) is 4.10. The lowest BCUT2D eigenvalue weighted by molar-refractivity contribution is -0.147. The molecule has 4 unspecified atom stereocenters. The minimum absolute atomic E-state index is 0.122. The van der Waals surface area contributed by atoms with E-state index in [4.69, 9.17) is 14.2 Å². The van der Waals surface area contributed by atoms with Gasteiger partial charge in [0.15, 0.2) is 11.5 Å². The minimum atomic E-state index is -0.269. The molecule has 0 aromatic heterocycles. The smallest absolute Gasteiger partial charge is 0.302 e. The number of rotatable bonds is 3. The summed E-state index contributed by atoms with van der Waals surface area (Å²) < 4.78 is 16.4. The van der Waals surface area contributed by atoms with Gasteiger partial charge in [0.05, 0.1) is 6.61 Å². The standard InChI is InChI=1S/C16H18O5/c1-7(18)19-6-12-11(5-17)15-9-3-13-14(21-8(2)20-13)4-10(9)16(12)15/h3-4,8,11-12,15-17H,5-6H2,1-2H3/t8?,11?,12?,15-,16?/m0/s1. The van der Waals surface area contributed by atoms with Crippen molar-refractivity contribution in [1.82, 2.24) is 0 Å². The van der Waals surface area contributed by atoms with Crippen molar-refractivity contribution in [3.05, 3.63) is 23.3 Å². The first-order valence-electron chi connectivity index (χ1n) is 7.35. The molecule has 1 fully saturated rings. The Morgan fingerprint density at radius 3 is 2.29 bits per heavy atom. The number of carbonyl (C=O) groups excluding carboxylic acids is 1. The zero-order valence-electron chi connectivity index (χ0n) is 12.0. The number of carbonyl (C=O) groups is 1. The Morgan fingerprint density at radius 1 is 1.19 bits per heavy atom. The Bertz CT molecular complexity index is 611. The van der Waals surface area contributed by atoms with Crippen LogP contribution in [0.5, 0.6) is 11.5 Å². The molecule has 0 radical (unpaired) electrons. The third kappa shape index (κ3) is 1.70. The molecule has 1 aliphatic heterocycles. The molecule has 1 saturated carbocycles. The van der Waals surface area contributed by atoms with Crippen molar-refractivity contribution in [3.63, 3.8) is 0 Å². The number of fused-ring (bicyclic) bond motifs is 5. The number of ether oxygens (including phenoxy) is 3. The molecule has 1 aromatic rings. The molecule has 1 N–H and O–H groups in total. The Kier molecular flexibility index (Phi) is 2.70. The summed E-state index contributed by atoms with van der Waals surface area (Å²) in [5, 5.41) is 9.61. The maximum atomic E-state index is 11.0. The quantitative estimate of drug-likeness (QED) is 0.860. The molecular formula is C16H18O5. The van der Waals surface area contributed by atoms with Crippen molar-refractivity contribution in [2.45, 2.75) is 32.0 Å². The van der Waals surface area contributed by atoms with E-state index in [0.29, 0.717) is 18.4 Å². The van der Waals surface area contributed by atoms with E-state index in [1.165, 1.54) is 18.1 Å². The molecule has 5 nitrogen and oxygen atoms in total. The molecule has 5 heteroatoms. The third-order valence-electron chi connectivity index (χ3n) is 5.00. The molecule has 5 atom stereocenters. The predicted octanol–water partition coefficient (Wildman–Crippen LogP) is 1.79. The largest absolute Gasteiger partial charge is 0.466 e. The van der Waals surface area contributed by atoms with Crippen molar-refractivity contribution in [3.8, 4) is 11.5 Å². The third-order valence-corrected chi connectivity index (χ3v) is 5.00. The van der Waals surface area contributed by atoms with Gasteiger partial charge in [-0.25, -0.2) is 0 Å². The molecule has 4 rings (SSSR count). The van der Waals surface area contributed by atoms with E-state index in [2.05, 4.69) is 0 Å². The van der Waals surface area contributed by atoms with E-state index < -0.39 is 0 Å². The lowest BCUT2D eigenvalue weighted by atomic mass is 9.45. The van der Waals surface area contributed by atoms with Crippen molar-refractivity contribution in [2.24, 2.45) is 11.8 Å². The van der Waals surface area contributed by atoms with E-state index >= 15 is 0 Å². The second kappa shape index (κ2) is 4.37. The lowest BCUT2D eigenvalue weighted by Crippen LogP contribution is -2.53. The number of esters is 1. The molecule has 2 aliphatic carbocycles. The summed E-state index contributed by atoms with van der Waals surface area (Å²) in [6, 6.07) is 4.09. The van der Waals surface area contributed by atoms with Crippen LogP contribution < -0.4 is 9.47 Å². The molecule has 3 aliphatic rings. The summed E-state index contributed by atoms with van der Waals surface area (Å²) in [5.41, 5.74) is 2.49. The second-order valence-corrected chi connectivity index (χ2v) is 6.10. The highest BCUT2D eigenvalue weighted by molar-refractivity contribution is 5.66. The first-order chi connectivity index (χ1) is 10.1. The molecule has 0 saturated heterocycles. The highest BCUT2D eigenvalue weighted by Gasteiger charge is 2.59. The molecular weight excluding hydrogens is 272 g/mol. The Hall–Kier alpha value is -1.75. The lowest BCUT2D eigenvalue weighted by Gasteiger charge is -2.59. The van der Waals surface area contributed by atoms with Gasteiger partial charge in [-0.1, -0.05) is 0 Å². The van der Waals surface area contributed by atoms with Gasteiger partial charge in [-0.05, 0) is 41.0 Å². The van der Waals surface area contributed by atoms with Gasteiger partial charge in [0, 0.05) is 26.4 Å². The van der Waals surface area contributed by atoms with Crippen LogP contribution in [0.15, 0.2) is 12.1 Å². The van der Waals surface area contributed by atoms with Crippen LogP contribution in [-0.4, -0.2) is 30.6 Å². The zero-order valence-corrected chi connectivity index (χ0v) is 12.0. The number of aliphatic hydroxyl groups excluding tert-OH is 1. The maximum absolute atomic E-state index is 11.0. The Balaban J connectivity index is 1.60. The topological polar surface area (TPSA) is 65.0 Å². The van der Waals surface area contributed by atoms with Crippen LogP contribution in [0.3, 0.4) is 0 Å². The summed E-state index contributed by atoms with van der Waals surface area (Å²) >= 11 is 0. The van der Waals surface area contributed by atoms with Crippen LogP contribution in [0, 0.1) is 11.8 Å². The van der Waals surface area contributed by atoms with E-state index in [0.717, 1.165) is 11.5 Å². The number of benzene rings is 1. The van der Waals surface area contributed by atoms with Gasteiger partial charge >= 0.3 is 5.97 Å². The van der Waals surface area contributed by atoms with Gasteiger partial charge in [-0.2, -0.15) is 0 Å². The van der Waals surface area contributed by atoms with Gasteiger partial charge < -0.3 is 19.3 Å². The molecule has 21 heavy (non-hydrogen) atoms. The maximum Gasteiger partial charge on any atom is 0.302 e. The molecule has 0 bridgehead atoms. The van der Waals surface area contributed by atoms with Gasteiger partial charge in [0.25, 0.3) is 0 Å². The van der Waals surface area contributed by atoms with Gasteiger partial charge in [0.1, 0.15) is 0 Å². The predicted molar refractivity (Wildman–Crippen MR) is 73.3 cm³/mol. The summed E-state index contributed by atoms with van der Waals surface area (Å²) in [6.07, 6.45) is -0.246. The number of hydrogen-bond acceptors (Lipinski definition) is 5. The van der Waals surface area contributed by atoms with Crippen LogP contribution in [0.2, 0.25) is 0 Å². The minimum Gasteiger partial charge on any atom is -0.466 e. The summed E-state index contributed by atoms with van der Waals surface area (Å²) in [6.45, 7) is 3.79. The Labute approximate surface area is 122 Å². The summed E-state index contributed by atoms with van der Waals surface area (Å²) in [5.74, 6) is 2.40. The average molecular weight is 290 g/mol. The summed E-state index contributed by atoms with van der Waals surface area (Å²) in [7, 11) is 0. The molecule has 112 valence electrons. The van der Waals surface area contributed by atoms with Crippen LogP contribution >= 0.6 is 0 Å². The molecule has 0 spiro atoms. The first kappa shape index (κ1) is 13.0. The zero-order chi connectivity index (χ0) is 14.7. The van der Waals surface area contributed by atoms with Crippen molar-refractivity contribution in [1.29, 1.82) is 0 Å². The van der Waals surface area contributed by atoms with E-state index in [-0.39, 0.29) is 30.7 Å². The van der Waals surface area contributed by atoms with E-state index in [1.807, 2.05) is 19.1 Å². The number of hydrogen-bond donors (Lipinski definition) is 1. The van der Waals surface area contributed by atoms with Crippen molar-refractivity contribution >= 4 is 5.97 Å². The van der Waals surface area contributed by atoms with Gasteiger partial charge in [0.2, 0.25) is 6.29 Å². The fraction of sp³-hybridized carbons (Fsp3) is 0.562. The van der Waals surface area contributed by atoms with Crippen LogP contribution in [0.1, 0.15) is 36.8 Å². The highest BCUT2D eigenvalue weighted by Crippen LogP contribution is 2.67. The molecule has 1 aromatic carbocycles. The monoisotopic (exact) mass is 290 g/mol. The van der Waals surface area contributed by atoms with Crippen LogP contribution in [-0.2, 0) is 9.53 Å². The molecule has 1 heterocycles. The normalized spacial score (nSPS) is 34.3. The van der Waals surface area contributed by atoms with E-state index in [9.17, 15) is 9.90 Å². The van der Waals surface area contributed by atoms with Crippen molar-refractivity contribution < 1.29 is 24.1 Å². The summed E-state index contributed by atoms with van der Waals surface area (Å²) in [4.78, 5) is 11.0. The van der Waals surface area contributed by atoms with Crippen molar-refractivity contribution in [2.75, 3.05) is 13.2 Å². The fourth-order valence-corrected chi connectivity index (χ4v) is 4.10. The Morgan fingerprint density at radius 2 is 1.76 bits per heavy atom. The van der Waals surface area contributed by atoms with Gasteiger partial charge in [-0.3, -0.25) is 4.79 Å². The van der Waals surface area contributed by atoms with Gasteiger partial charge in [-0.15, -0.1) is 0 Å². The molecule has 0 amide bonds. The number of aliphatic hydroxyl groups is 1. The average Bonchev–Trinajstić information content (AvgIpc) is 2.76. The second-order valence-electron chi connectivity index (χ2n) is 6.10. The van der Waals surface area contributed by atoms with Crippen LogP contribution in [0.25, 0.3) is 0 Å². The van der Waals surface area contributed by atoms with Crippen LogP contribution in [0.4, 0.5) is 0 Å². The highest BCUT2D eigenvalue weighted by atomic mass is 16.7. The SMILES string of the molecule is CC(=O)OCC1C(CO)[C@@H]2c3cc4c(cc3C12)OC(C)O4.